The molecule has 3 aromatic heterocycles. The highest BCUT2D eigenvalue weighted by molar-refractivity contribution is 6.51. The van der Waals surface area contributed by atoms with Crippen molar-refractivity contribution in [2.75, 3.05) is 0 Å². The molecular formula is C48H29B2N3O3. The Hall–Kier alpha value is -7.31. The molecule has 0 fully saturated rings. The molecular weight excluding hydrogens is 688 g/mol. The lowest BCUT2D eigenvalue weighted by atomic mass is 9.78. The summed E-state index contributed by atoms with van der Waals surface area (Å²) in [6, 6.07) is 54.9. The first-order chi connectivity index (χ1) is 27.4. The van der Waals surface area contributed by atoms with Crippen LogP contribution in [-0.4, -0.2) is 44.7 Å². The third-order valence-electron chi connectivity index (χ3n) is 11.3. The van der Waals surface area contributed by atoms with E-state index in [1.54, 1.807) is 4.57 Å². The van der Waals surface area contributed by atoms with Crippen molar-refractivity contribution >= 4 is 92.0 Å². The first-order valence-corrected chi connectivity index (χ1v) is 18.4. The van der Waals surface area contributed by atoms with Crippen LogP contribution < -0.4 is 10.9 Å². The highest BCUT2D eigenvalue weighted by Gasteiger charge is 2.24. The highest BCUT2D eigenvalue weighted by Crippen LogP contribution is 2.43. The van der Waals surface area contributed by atoms with Crippen molar-refractivity contribution in [2.45, 2.75) is 0 Å². The maximum Gasteiger partial charge on any atom is 0.185 e. The van der Waals surface area contributed by atoms with Gasteiger partial charge in [-0.2, -0.15) is 0 Å². The van der Waals surface area contributed by atoms with Gasteiger partial charge in [0.1, 0.15) is 27.1 Å². The number of hydrogen-bond donors (Lipinski definition) is 3. The maximum atomic E-state index is 11.1. The van der Waals surface area contributed by atoms with Gasteiger partial charge in [-0.3, -0.25) is 0 Å². The number of phenolic OH excluding ortho intramolecular Hbond substituents is 3. The summed E-state index contributed by atoms with van der Waals surface area (Å²) >= 11 is 0. The van der Waals surface area contributed by atoms with Gasteiger partial charge in [0.25, 0.3) is 0 Å². The lowest BCUT2D eigenvalue weighted by Gasteiger charge is -2.17. The fourth-order valence-electron chi connectivity index (χ4n) is 8.74. The van der Waals surface area contributed by atoms with Gasteiger partial charge >= 0.3 is 0 Å². The van der Waals surface area contributed by atoms with Crippen molar-refractivity contribution < 1.29 is 15.3 Å². The lowest BCUT2D eigenvalue weighted by Crippen LogP contribution is -2.27. The Kier molecular flexibility index (Phi) is 6.80. The zero-order valence-corrected chi connectivity index (χ0v) is 29.8. The summed E-state index contributed by atoms with van der Waals surface area (Å²) in [6.07, 6.45) is 0. The Morgan fingerprint density at radius 2 is 0.696 bits per heavy atom. The Labute approximate surface area is 323 Å². The maximum absolute atomic E-state index is 11.1. The number of aromatic nitrogens is 3. The number of para-hydroxylation sites is 4. The minimum absolute atomic E-state index is 0.0374. The molecule has 260 valence electrons. The molecule has 0 saturated heterocycles. The van der Waals surface area contributed by atoms with E-state index in [1.165, 1.54) is 21.8 Å². The molecule has 8 heteroatoms. The zero-order chi connectivity index (χ0) is 37.8. The molecule has 0 aliphatic rings. The second-order valence-corrected chi connectivity index (χ2v) is 14.3. The van der Waals surface area contributed by atoms with E-state index in [2.05, 4.69) is 130 Å². The fraction of sp³-hybridized carbons (Fsp3) is 0. The van der Waals surface area contributed by atoms with Crippen LogP contribution in [-0.2, 0) is 0 Å². The molecule has 0 aliphatic heterocycles. The summed E-state index contributed by atoms with van der Waals surface area (Å²) in [4.78, 5) is 0. The normalized spacial score (nSPS) is 11.9. The van der Waals surface area contributed by atoms with Gasteiger partial charge in [-0.15, -0.1) is 0 Å². The average Bonchev–Trinajstić information content (AvgIpc) is 3.88. The SMILES string of the molecule is [B]c1c([B])c(O)c(-n2c3ccccc3c3cc(-c4ccc5c(c4)c4ccccc4n5-c4cccc(-n5c6ccccc6c6ccccc65)c4)ccc32)c(O)c1O. The molecule has 56 heavy (non-hydrogen) atoms. The van der Waals surface area contributed by atoms with Gasteiger partial charge in [-0.25, -0.2) is 0 Å². The zero-order valence-electron chi connectivity index (χ0n) is 29.8. The predicted octanol–water partition coefficient (Wildman–Crippen LogP) is 9.35. The first kappa shape index (κ1) is 32.1. The molecule has 3 heterocycles. The van der Waals surface area contributed by atoms with Crippen LogP contribution in [0.15, 0.2) is 158 Å². The predicted molar refractivity (Wildman–Crippen MR) is 231 cm³/mol. The van der Waals surface area contributed by atoms with E-state index in [1.807, 2.05) is 36.4 Å². The number of hydrogen-bond acceptors (Lipinski definition) is 3. The smallest absolute Gasteiger partial charge is 0.185 e. The van der Waals surface area contributed by atoms with Crippen molar-refractivity contribution in [1.29, 1.82) is 0 Å². The lowest BCUT2D eigenvalue weighted by molar-refractivity contribution is 0.399. The Balaban J connectivity index is 1.09. The van der Waals surface area contributed by atoms with Crippen molar-refractivity contribution in [3.05, 3.63) is 158 Å². The molecule has 8 aromatic carbocycles. The van der Waals surface area contributed by atoms with Gasteiger partial charge in [-0.05, 0) is 77.9 Å². The second kappa shape index (κ2) is 11.8. The van der Waals surface area contributed by atoms with E-state index in [-0.39, 0.29) is 16.6 Å². The molecule has 0 aliphatic carbocycles. The van der Waals surface area contributed by atoms with Gasteiger partial charge in [0.05, 0.1) is 33.1 Å². The summed E-state index contributed by atoms with van der Waals surface area (Å²) in [5.74, 6) is -1.54. The van der Waals surface area contributed by atoms with Crippen LogP contribution in [0.3, 0.4) is 0 Å². The Morgan fingerprint density at radius 1 is 0.321 bits per heavy atom. The topological polar surface area (TPSA) is 75.5 Å². The number of aromatic hydroxyl groups is 3. The van der Waals surface area contributed by atoms with E-state index in [4.69, 9.17) is 15.7 Å². The van der Waals surface area contributed by atoms with Crippen LogP contribution in [0.1, 0.15) is 0 Å². The van der Waals surface area contributed by atoms with E-state index in [0.717, 1.165) is 60.6 Å². The van der Waals surface area contributed by atoms with Crippen LogP contribution in [0.5, 0.6) is 17.2 Å². The van der Waals surface area contributed by atoms with E-state index >= 15 is 0 Å². The van der Waals surface area contributed by atoms with Crippen molar-refractivity contribution in [2.24, 2.45) is 0 Å². The van der Waals surface area contributed by atoms with Crippen LogP contribution in [0.25, 0.3) is 93.6 Å². The number of fused-ring (bicyclic) bond motifs is 9. The number of nitrogens with zero attached hydrogens (tertiary/aromatic N) is 3. The van der Waals surface area contributed by atoms with Gasteiger partial charge in [0, 0.05) is 43.7 Å². The fourth-order valence-corrected chi connectivity index (χ4v) is 8.74. The van der Waals surface area contributed by atoms with Crippen LogP contribution >= 0.6 is 0 Å². The van der Waals surface area contributed by atoms with E-state index in [9.17, 15) is 15.3 Å². The molecule has 0 amide bonds. The van der Waals surface area contributed by atoms with E-state index in [0.29, 0.717) is 5.52 Å². The van der Waals surface area contributed by atoms with Crippen LogP contribution in [0, 0.1) is 0 Å². The second-order valence-electron chi connectivity index (χ2n) is 14.3. The summed E-state index contributed by atoms with van der Waals surface area (Å²) in [5, 5.41) is 39.3. The molecule has 0 saturated carbocycles. The monoisotopic (exact) mass is 717 g/mol. The molecule has 6 nitrogen and oxygen atoms in total. The van der Waals surface area contributed by atoms with E-state index < -0.39 is 17.2 Å². The minimum atomic E-state index is -0.580. The van der Waals surface area contributed by atoms with Gasteiger partial charge in [-0.1, -0.05) is 102 Å². The highest BCUT2D eigenvalue weighted by atomic mass is 16.3. The van der Waals surface area contributed by atoms with Crippen molar-refractivity contribution in [3.63, 3.8) is 0 Å². The molecule has 0 bridgehead atoms. The molecule has 11 rings (SSSR count). The summed E-state index contributed by atoms with van der Waals surface area (Å²) in [6.45, 7) is 0. The molecule has 0 atom stereocenters. The molecule has 0 spiro atoms. The minimum Gasteiger partial charge on any atom is -0.506 e. The van der Waals surface area contributed by atoms with Gasteiger partial charge in [0.2, 0.25) is 0 Å². The largest absolute Gasteiger partial charge is 0.506 e. The summed E-state index contributed by atoms with van der Waals surface area (Å²) in [7, 11) is 12.0. The quantitative estimate of drug-likeness (QED) is 0.0966. The Morgan fingerprint density at radius 3 is 1.18 bits per heavy atom. The number of phenols is 3. The number of benzene rings is 8. The van der Waals surface area contributed by atoms with Gasteiger partial charge in [0.15, 0.2) is 11.5 Å². The van der Waals surface area contributed by atoms with Crippen LogP contribution in [0.4, 0.5) is 0 Å². The van der Waals surface area contributed by atoms with Crippen LogP contribution in [0.2, 0.25) is 0 Å². The molecule has 0 unspecified atom stereocenters. The summed E-state index contributed by atoms with van der Waals surface area (Å²) < 4.78 is 6.40. The first-order valence-electron chi connectivity index (χ1n) is 18.4. The molecule has 11 aromatic rings. The van der Waals surface area contributed by atoms with Crippen molar-refractivity contribution in [1.82, 2.24) is 13.7 Å². The van der Waals surface area contributed by atoms with Gasteiger partial charge < -0.3 is 29.0 Å². The average molecular weight is 717 g/mol. The standard InChI is InChI=1S/C48H29B2N3O3/c49-43-44(50)47(55)48(56)45(46(43)54)53-40-19-8-4-15-34(40)36-25-28(21-23-42(36)53)27-20-22-41-35(24-27)33-14-3-7-18-39(33)52(41)30-11-9-10-29(26-30)51-37-16-5-1-12-31(37)32-13-2-6-17-38(32)51/h1-26,54-56H. The third kappa shape index (κ3) is 4.41. The molecule has 3 N–H and O–H groups in total. The third-order valence-corrected chi connectivity index (χ3v) is 11.3. The Bertz CT molecular complexity index is 3370. The number of rotatable bonds is 4. The summed E-state index contributed by atoms with van der Waals surface area (Å²) in [5.41, 5.74) is 9.66. The molecule has 4 radical (unpaired) electrons. The van der Waals surface area contributed by atoms with Crippen molar-refractivity contribution in [3.8, 4) is 45.4 Å².